The maximum Gasteiger partial charge on any atom is 0.253 e. The Morgan fingerprint density at radius 2 is 2.07 bits per heavy atom. The molecule has 0 aromatic rings. The van der Waals surface area contributed by atoms with Crippen LogP contribution in [0.2, 0.25) is 0 Å². The number of halogens is 3. The molecule has 0 radical (unpaired) electrons. The molecular weight excluding hydrogens is 224 g/mol. The second kappa shape index (κ2) is 5.41. The van der Waals surface area contributed by atoms with Gasteiger partial charge in [0.2, 0.25) is 0 Å². The van der Waals surface area contributed by atoms with E-state index in [9.17, 15) is 8.78 Å². The number of hydrogen-bond acceptors (Lipinski definition) is 2. The first-order chi connectivity index (χ1) is 6.68. The first-order valence-electron chi connectivity index (χ1n) is 5.35. The Bertz CT molecular complexity index is 198. The number of piperidine rings is 1. The summed E-state index contributed by atoms with van der Waals surface area (Å²) in [6, 6.07) is 0. The van der Waals surface area contributed by atoms with Gasteiger partial charge in [0.25, 0.3) is 5.92 Å². The highest BCUT2D eigenvalue weighted by Crippen LogP contribution is 2.48. The van der Waals surface area contributed by atoms with Gasteiger partial charge in [-0.15, -0.1) is 12.4 Å². The summed E-state index contributed by atoms with van der Waals surface area (Å²) in [5.41, 5.74) is 0. The zero-order valence-corrected chi connectivity index (χ0v) is 9.49. The number of ether oxygens (including phenoxy) is 1. The predicted octanol–water partition coefficient (Wildman–Crippen LogP) is 2.08. The van der Waals surface area contributed by atoms with E-state index in [1.165, 1.54) is 6.42 Å². The molecule has 0 spiro atoms. The van der Waals surface area contributed by atoms with E-state index in [2.05, 4.69) is 5.32 Å². The molecule has 2 fully saturated rings. The van der Waals surface area contributed by atoms with E-state index >= 15 is 0 Å². The van der Waals surface area contributed by atoms with Crippen molar-refractivity contribution < 1.29 is 13.5 Å². The van der Waals surface area contributed by atoms with Crippen molar-refractivity contribution in [1.82, 2.24) is 5.32 Å². The zero-order chi connectivity index (χ0) is 10.0. The van der Waals surface area contributed by atoms with E-state index in [0.29, 0.717) is 12.5 Å². The predicted molar refractivity (Wildman–Crippen MR) is 56.7 cm³/mol. The Morgan fingerprint density at radius 3 is 2.60 bits per heavy atom. The molecule has 1 aliphatic carbocycles. The molecule has 0 aromatic heterocycles. The lowest BCUT2D eigenvalue weighted by molar-refractivity contribution is 0.0391. The molecule has 1 saturated carbocycles. The number of nitrogens with one attached hydrogen (secondary N) is 1. The van der Waals surface area contributed by atoms with Crippen LogP contribution in [0, 0.1) is 11.8 Å². The van der Waals surface area contributed by atoms with E-state index in [1.807, 2.05) is 0 Å². The van der Waals surface area contributed by atoms with E-state index in [1.54, 1.807) is 0 Å². The second-order valence-electron chi connectivity index (χ2n) is 4.41. The minimum atomic E-state index is -2.43. The van der Waals surface area contributed by atoms with Gasteiger partial charge in [-0.2, -0.15) is 0 Å². The summed E-state index contributed by atoms with van der Waals surface area (Å²) in [5.74, 6) is -2.40. The minimum absolute atomic E-state index is 0. The zero-order valence-electron chi connectivity index (χ0n) is 8.68. The van der Waals surface area contributed by atoms with Crippen LogP contribution in [0.4, 0.5) is 8.78 Å². The van der Waals surface area contributed by atoms with Crippen molar-refractivity contribution in [1.29, 1.82) is 0 Å². The molecule has 2 nitrogen and oxygen atoms in total. The van der Waals surface area contributed by atoms with Crippen LogP contribution < -0.4 is 5.32 Å². The van der Waals surface area contributed by atoms with Gasteiger partial charge in [0.05, 0.1) is 19.1 Å². The van der Waals surface area contributed by atoms with Crippen LogP contribution in [0.1, 0.15) is 19.3 Å². The van der Waals surface area contributed by atoms with Gasteiger partial charge < -0.3 is 10.1 Å². The Labute approximate surface area is 95.2 Å². The van der Waals surface area contributed by atoms with Gasteiger partial charge in [-0.1, -0.05) is 0 Å². The first kappa shape index (κ1) is 13.1. The van der Waals surface area contributed by atoms with Crippen molar-refractivity contribution in [2.75, 3.05) is 26.3 Å². The van der Waals surface area contributed by atoms with Crippen LogP contribution >= 0.6 is 12.4 Å². The lowest BCUT2D eigenvalue weighted by atomic mass is 10.0. The van der Waals surface area contributed by atoms with E-state index < -0.39 is 11.8 Å². The Kier molecular flexibility index (Phi) is 4.74. The Balaban J connectivity index is 0.00000112. The van der Waals surface area contributed by atoms with E-state index in [-0.39, 0.29) is 25.4 Å². The van der Waals surface area contributed by atoms with Crippen molar-refractivity contribution in [3.63, 3.8) is 0 Å². The highest BCUT2D eigenvalue weighted by Gasteiger charge is 2.56. The standard InChI is InChI=1S/C10H17F2NO.ClH/c11-10(12)4-9(10)7-14-6-8-2-1-3-13-5-8;/h8-9,13H,1-7H2;1H. The molecule has 1 saturated heterocycles. The summed E-state index contributed by atoms with van der Waals surface area (Å²) in [4.78, 5) is 0. The van der Waals surface area contributed by atoms with Crippen LogP contribution in [-0.2, 0) is 4.74 Å². The summed E-state index contributed by atoms with van der Waals surface area (Å²) in [6.07, 6.45) is 2.36. The lowest BCUT2D eigenvalue weighted by Crippen LogP contribution is -2.32. The molecule has 1 aliphatic heterocycles. The van der Waals surface area contributed by atoms with Crippen LogP contribution in [0.25, 0.3) is 0 Å². The van der Waals surface area contributed by atoms with Crippen LogP contribution in [0.15, 0.2) is 0 Å². The number of hydrogen-bond donors (Lipinski definition) is 1. The van der Waals surface area contributed by atoms with Crippen molar-refractivity contribution in [2.45, 2.75) is 25.2 Å². The molecule has 1 N–H and O–H groups in total. The van der Waals surface area contributed by atoms with Gasteiger partial charge in [0, 0.05) is 13.0 Å². The molecule has 2 rings (SSSR count). The molecule has 5 heteroatoms. The molecule has 0 bridgehead atoms. The molecule has 2 unspecified atom stereocenters. The summed E-state index contributed by atoms with van der Waals surface area (Å²) < 4.78 is 30.3. The quantitative estimate of drug-likeness (QED) is 0.814. The van der Waals surface area contributed by atoms with E-state index in [0.717, 1.165) is 19.5 Å². The van der Waals surface area contributed by atoms with Gasteiger partial charge >= 0.3 is 0 Å². The SMILES string of the molecule is Cl.FC1(F)CC1COCC1CCCNC1. The maximum absolute atomic E-state index is 12.5. The largest absolute Gasteiger partial charge is 0.381 e. The average Bonchev–Trinajstić information content (AvgIpc) is 2.76. The smallest absolute Gasteiger partial charge is 0.253 e. The van der Waals surface area contributed by atoms with Crippen LogP contribution in [0.5, 0.6) is 0 Å². The van der Waals surface area contributed by atoms with Crippen molar-refractivity contribution >= 4 is 12.4 Å². The van der Waals surface area contributed by atoms with E-state index in [4.69, 9.17) is 4.74 Å². The number of rotatable bonds is 4. The second-order valence-corrected chi connectivity index (χ2v) is 4.41. The monoisotopic (exact) mass is 241 g/mol. The summed E-state index contributed by atoms with van der Waals surface area (Å²) in [6.45, 7) is 2.93. The maximum atomic E-state index is 12.5. The fourth-order valence-electron chi connectivity index (χ4n) is 1.89. The summed E-state index contributed by atoms with van der Waals surface area (Å²) in [7, 11) is 0. The fraction of sp³-hybridized carbons (Fsp3) is 1.00. The summed E-state index contributed by atoms with van der Waals surface area (Å²) >= 11 is 0. The van der Waals surface area contributed by atoms with Crippen molar-refractivity contribution in [3.05, 3.63) is 0 Å². The molecule has 0 amide bonds. The Hall–Kier alpha value is 0.0700. The van der Waals surface area contributed by atoms with Gasteiger partial charge in [0.15, 0.2) is 0 Å². The average molecular weight is 242 g/mol. The van der Waals surface area contributed by atoms with Crippen LogP contribution in [0.3, 0.4) is 0 Å². The third-order valence-corrected chi connectivity index (χ3v) is 3.03. The lowest BCUT2D eigenvalue weighted by Gasteiger charge is -2.22. The minimum Gasteiger partial charge on any atom is -0.381 e. The van der Waals surface area contributed by atoms with Gasteiger partial charge in [-0.25, -0.2) is 8.78 Å². The molecule has 2 aliphatic rings. The molecular formula is C10H18ClF2NO. The molecule has 2 atom stereocenters. The van der Waals surface area contributed by atoms with Crippen LogP contribution in [-0.4, -0.2) is 32.2 Å². The fourth-order valence-corrected chi connectivity index (χ4v) is 1.89. The molecule has 15 heavy (non-hydrogen) atoms. The topological polar surface area (TPSA) is 21.3 Å². The molecule has 90 valence electrons. The third kappa shape index (κ3) is 3.85. The Morgan fingerprint density at radius 1 is 1.33 bits per heavy atom. The van der Waals surface area contributed by atoms with Crippen molar-refractivity contribution in [3.8, 4) is 0 Å². The normalized spacial score (nSPS) is 33.2. The van der Waals surface area contributed by atoms with Crippen molar-refractivity contribution in [2.24, 2.45) is 11.8 Å². The highest BCUT2D eigenvalue weighted by atomic mass is 35.5. The molecule has 0 aromatic carbocycles. The number of alkyl halides is 2. The van der Waals surface area contributed by atoms with Gasteiger partial charge in [0.1, 0.15) is 0 Å². The first-order valence-corrected chi connectivity index (χ1v) is 5.35. The third-order valence-electron chi connectivity index (χ3n) is 3.03. The molecule has 1 heterocycles. The van der Waals surface area contributed by atoms with Gasteiger partial charge in [-0.3, -0.25) is 0 Å². The highest BCUT2D eigenvalue weighted by molar-refractivity contribution is 5.85. The summed E-state index contributed by atoms with van der Waals surface area (Å²) in [5, 5.41) is 3.28. The van der Waals surface area contributed by atoms with Gasteiger partial charge in [-0.05, 0) is 25.3 Å².